The molecule has 0 saturated carbocycles. The lowest BCUT2D eigenvalue weighted by Gasteiger charge is -2.23. The summed E-state index contributed by atoms with van der Waals surface area (Å²) in [5.74, 6) is -0.485. The van der Waals surface area contributed by atoms with Gasteiger partial charge in [-0.15, -0.1) is 0 Å². The summed E-state index contributed by atoms with van der Waals surface area (Å²) >= 11 is 0. The van der Waals surface area contributed by atoms with Crippen LogP contribution in [0.1, 0.15) is 53.0 Å². The summed E-state index contributed by atoms with van der Waals surface area (Å²) in [6, 6.07) is 1.56. The van der Waals surface area contributed by atoms with Crippen LogP contribution in [0, 0.1) is 6.92 Å². The minimum Gasteiger partial charge on any atom is -0.481 e. The van der Waals surface area contributed by atoms with Gasteiger partial charge in [-0.3, -0.25) is 14.6 Å². The number of carbonyl (C=O) groups is 2. The first kappa shape index (κ1) is 16.9. The van der Waals surface area contributed by atoms with Gasteiger partial charge in [0.05, 0.1) is 18.7 Å². The second kappa shape index (κ2) is 7.33. The summed E-state index contributed by atoms with van der Waals surface area (Å²) < 4.78 is 0. The van der Waals surface area contributed by atoms with Crippen LogP contribution in [0.15, 0.2) is 24.7 Å². The third-order valence-corrected chi connectivity index (χ3v) is 4.11. The molecule has 1 fully saturated rings. The lowest BCUT2D eigenvalue weighted by molar-refractivity contribution is -0.136. The van der Waals surface area contributed by atoms with Crippen LogP contribution in [0.4, 0.5) is 0 Å². The Hall–Kier alpha value is -2.90. The first-order valence-electron chi connectivity index (χ1n) is 8.18. The van der Waals surface area contributed by atoms with Gasteiger partial charge in [0.2, 0.25) is 0 Å². The average molecular weight is 341 g/mol. The molecule has 0 spiro atoms. The minimum absolute atomic E-state index is 0.0167. The van der Waals surface area contributed by atoms with Gasteiger partial charge in [-0.05, 0) is 25.8 Å². The third-order valence-electron chi connectivity index (χ3n) is 4.11. The molecular weight excluding hydrogens is 322 g/mol. The second-order valence-corrected chi connectivity index (χ2v) is 6.00. The minimum atomic E-state index is -0.863. The van der Waals surface area contributed by atoms with Crippen LogP contribution in [0.5, 0.6) is 0 Å². The molecule has 25 heavy (non-hydrogen) atoms. The molecule has 0 bridgehead atoms. The van der Waals surface area contributed by atoms with Crippen molar-refractivity contribution < 1.29 is 14.7 Å². The molecule has 1 N–H and O–H groups in total. The normalized spacial score (nSPS) is 16.8. The first-order chi connectivity index (χ1) is 12.0. The molecule has 1 amide bonds. The van der Waals surface area contributed by atoms with Crippen molar-refractivity contribution in [2.75, 3.05) is 6.54 Å². The summed E-state index contributed by atoms with van der Waals surface area (Å²) in [6.45, 7) is 2.46. The van der Waals surface area contributed by atoms with Crippen LogP contribution < -0.4 is 0 Å². The molecule has 1 aliphatic heterocycles. The van der Waals surface area contributed by atoms with Gasteiger partial charge in [0.1, 0.15) is 5.69 Å². The third kappa shape index (κ3) is 3.96. The number of carboxylic acids is 1. The number of aliphatic carboxylic acids is 1. The molecule has 3 rings (SSSR count). The Morgan fingerprint density at radius 3 is 2.88 bits per heavy atom. The molecule has 1 saturated heterocycles. The molecule has 0 unspecified atom stereocenters. The zero-order valence-electron chi connectivity index (χ0n) is 13.9. The number of hydrogen-bond acceptors (Lipinski definition) is 6. The van der Waals surface area contributed by atoms with E-state index in [4.69, 9.17) is 5.11 Å². The van der Waals surface area contributed by atoms with Gasteiger partial charge in [0, 0.05) is 36.7 Å². The van der Waals surface area contributed by atoms with E-state index in [0.29, 0.717) is 30.2 Å². The molecule has 2 aromatic heterocycles. The highest BCUT2D eigenvalue weighted by molar-refractivity contribution is 5.92. The fourth-order valence-corrected chi connectivity index (χ4v) is 3.01. The SMILES string of the molecule is Cc1cc(CCC(=O)O)nc([C@@H]2CCCN2C(=O)c2cnccn2)n1. The van der Waals surface area contributed by atoms with Crippen LogP contribution in [0.3, 0.4) is 0 Å². The Morgan fingerprint density at radius 1 is 1.32 bits per heavy atom. The molecule has 8 heteroatoms. The van der Waals surface area contributed by atoms with Crippen molar-refractivity contribution in [1.29, 1.82) is 0 Å². The van der Waals surface area contributed by atoms with E-state index in [1.807, 2.05) is 6.92 Å². The van der Waals surface area contributed by atoms with Gasteiger partial charge in [0.15, 0.2) is 5.82 Å². The van der Waals surface area contributed by atoms with E-state index in [-0.39, 0.29) is 18.4 Å². The maximum absolute atomic E-state index is 12.7. The molecular formula is C17H19N5O3. The average Bonchev–Trinajstić information content (AvgIpc) is 3.09. The van der Waals surface area contributed by atoms with E-state index >= 15 is 0 Å². The highest BCUT2D eigenvalue weighted by Crippen LogP contribution is 2.31. The maximum Gasteiger partial charge on any atom is 0.303 e. The van der Waals surface area contributed by atoms with E-state index in [0.717, 1.165) is 18.5 Å². The predicted molar refractivity (Wildman–Crippen MR) is 87.8 cm³/mol. The Labute approximate surface area is 145 Å². The van der Waals surface area contributed by atoms with Crippen molar-refractivity contribution in [2.45, 2.75) is 38.6 Å². The van der Waals surface area contributed by atoms with E-state index in [2.05, 4.69) is 19.9 Å². The van der Waals surface area contributed by atoms with E-state index in [9.17, 15) is 9.59 Å². The van der Waals surface area contributed by atoms with E-state index in [1.54, 1.807) is 11.0 Å². The van der Waals surface area contributed by atoms with Crippen LogP contribution >= 0.6 is 0 Å². The highest BCUT2D eigenvalue weighted by atomic mass is 16.4. The zero-order valence-corrected chi connectivity index (χ0v) is 13.9. The van der Waals surface area contributed by atoms with Gasteiger partial charge in [-0.25, -0.2) is 15.0 Å². The van der Waals surface area contributed by atoms with Gasteiger partial charge in [-0.1, -0.05) is 0 Å². The topological polar surface area (TPSA) is 109 Å². The number of likely N-dealkylation sites (tertiary alicyclic amines) is 1. The molecule has 130 valence electrons. The summed E-state index contributed by atoms with van der Waals surface area (Å²) in [4.78, 5) is 42.2. The molecule has 0 aromatic carbocycles. The Bertz CT molecular complexity index is 781. The Balaban J connectivity index is 1.84. The van der Waals surface area contributed by atoms with Crippen LogP contribution in [-0.2, 0) is 11.2 Å². The number of aryl methyl sites for hydroxylation is 2. The first-order valence-corrected chi connectivity index (χ1v) is 8.18. The number of aromatic nitrogens is 4. The lowest BCUT2D eigenvalue weighted by atomic mass is 10.1. The summed E-state index contributed by atoms with van der Waals surface area (Å²) in [5.41, 5.74) is 1.75. The molecule has 0 aliphatic carbocycles. The highest BCUT2D eigenvalue weighted by Gasteiger charge is 2.33. The standard InChI is InChI=1S/C17H19N5O3/c1-11-9-12(4-5-15(23)24)21-16(20-11)14-3-2-8-22(14)17(25)13-10-18-6-7-19-13/h6-7,9-10,14H,2-5,8H2,1H3,(H,23,24)/t14-/m0/s1. The fourth-order valence-electron chi connectivity index (χ4n) is 3.01. The van der Waals surface area contributed by atoms with Crippen molar-refractivity contribution in [3.63, 3.8) is 0 Å². The lowest BCUT2D eigenvalue weighted by Crippen LogP contribution is -2.32. The van der Waals surface area contributed by atoms with Crippen LogP contribution in [-0.4, -0.2) is 48.4 Å². The van der Waals surface area contributed by atoms with Gasteiger partial charge >= 0.3 is 5.97 Å². The number of carboxylic acid groups (broad SMARTS) is 1. The molecule has 1 aliphatic rings. The molecule has 8 nitrogen and oxygen atoms in total. The number of nitrogens with zero attached hydrogens (tertiary/aromatic N) is 5. The molecule has 0 radical (unpaired) electrons. The number of rotatable bonds is 5. The molecule has 2 aromatic rings. The quantitative estimate of drug-likeness (QED) is 0.879. The summed E-state index contributed by atoms with van der Waals surface area (Å²) in [7, 11) is 0. The Morgan fingerprint density at radius 2 is 2.16 bits per heavy atom. The second-order valence-electron chi connectivity index (χ2n) is 6.00. The largest absolute Gasteiger partial charge is 0.481 e. The summed E-state index contributed by atoms with van der Waals surface area (Å²) in [5, 5.41) is 8.86. The summed E-state index contributed by atoms with van der Waals surface area (Å²) in [6.07, 6.45) is 6.46. The van der Waals surface area contributed by atoms with Crippen LogP contribution in [0.25, 0.3) is 0 Å². The predicted octanol–water partition coefficient (Wildman–Crippen LogP) is 1.57. The van der Waals surface area contributed by atoms with Gasteiger partial charge < -0.3 is 10.0 Å². The van der Waals surface area contributed by atoms with E-state index < -0.39 is 5.97 Å². The van der Waals surface area contributed by atoms with Crippen molar-refractivity contribution >= 4 is 11.9 Å². The Kier molecular flexibility index (Phi) is 4.97. The van der Waals surface area contributed by atoms with Gasteiger partial charge in [-0.2, -0.15) is 0 Å². The maximum atomic E-state index is 12.7. The van der Waals surface area contributed by atoms with Crippen LogP contribution in [0.2, 0.25) is 0 Å². The van der Waals surface area contributed by atoms with E-state index in [1.165, 1.54) is 18.6 Å². The van der Waals surface area contributed by atoms with Crippen molar-refractivity contribution in [3.8, 4) is 0 Å². The molecule has 3 heterocycles. The number of carbonyl (C=O) groups excluding carboxylic acids is 1. The smallest absolute Gasteiger partial charge is 0.303 e. The van der Waals surface area contributed by atoms with Crippen molar-refractivity contribution in [3.05, 3.63) is 47.6 Å². The molecule has 1 atom stereocenters. The van der Waals surface area contributed by atoms with Crippen molar-refractivity contribution in [1.82, 2.24) is 24.8 Å². The van der Waals surface area contributed by atoms with Crippen molar-refractivity contribution in [2.24, 2.45) is 0 Å². The number of hydrogen-bond donors (Lipinski definition) is 1. The fraction of sp³-hybridized carbons (Fsp3) is 0.412. The zero-order chi connectivity index (χ0) is 17.8. The monoisotopic (exact) mass is 341 g/mol. The van der Waals surface area contributed by atoms with Gasteiger partial charge in [0.25, 0.3) is 5.91 Å². The number of amides is 1.